The summed E-state index contributed by atoms with van der Waals surface area (Å²) in [6, 6.07) is -0.628. The molecule has 106 valence electrons. The van der Waals surface area contributed by atoms with Crippen molar-refractivity contribution in [3.8, 4) is 0 Å². The van der Waals surface area contributed by atoms with Gasteiger partial charge in [-0.15, -0.1) is 0 Å². The number of carbonyl (C=O) groups is 3. The minimum atomic E-state index is -0.780. The molecule has 0 aromatic heterocycles. The maximum absolute atomic E-state index is 12.4. The first-order chi connectivity index (χ1) is 8.91. The van der Waals surface area contributed by atoms with Crippen molar-refractivity contribution >= 4 is 17.8 Å². The van der Waals surface area contributed by atoms with Gasteiger partial charge in [0.05, 0.1) is 0 Å². The molecule has 7 heteroatoms. The fourth-order valence-corrected chi connectivity index (χ4v) is 2.43. The number of nitrogens with zero attached hydrogens (tertiary/aromatic N) is 3. The Morgan fingerprint density at radius 3 is 2.21 bits per heavy atom. The van der Waals surface area contributed by atoms with E-state index in [0.29, 0.717) is 13.1 Å². The molecular weight excluding hydrogens is 248 g/mol. The first kappa shape index (κ1) is 14.0. The number of nitrogens with one attached hydrogen (secondary N) is 1. The average Bonchev–Trinajstić information content (AvgIpc) is 2.30. The molecule has 0 saturated carbocycles. The maximum Gasteiger partial charge on any atom is 0.345 e. The third-order valence-corrected chi connectivity index (χ3v) is 3.61. The predicted molar refractivity (Wildman–Crippen MR) is 67.8 cm³/mol. The zero-order valence-corrected chi connectivity index (χ0v) is 11.5. The van der Waals surface area contributed by atoms with Crippen LogP contribution in [0.15, 0.2) is 0 Å². The van der Waals surface area contributed by atoms with Gasteiger partial charge in [0.2, 0.25) is 5.91 Å². The molecule has 0 aliphatic carbocycles. The first-order valence-electron chi connectivity index (χ1n) is 6.54. The number of likely N-dealkylation sites (N-methyl/N-ethyl adjacent to an activating group) is 1. The summed E-state index contributed by atoms with van der Waals surface area (Å²) in [5.41, 5.74) is 0. The van der Waals surface area contributed by atoms with E-state index in [1.807, 2.05) is 7.05 Å². The number of hydrogen-bond donors (Lipinski definition) is 1. The van der Waals surface area contributed by atoms with Crippen molar-refractivity contribution in [2.45, 2.75) is 13.8 Å². The lowest BCUT2D eigenvalue weighted by Crippen LogP contribution is -2.66. The minimum absolute atomic E-state index is 0.129. The number of hydrazine groups is 1. The number of amides is 4. The van der Waals surface area contributed by atoms with E-state index in [-0.39, 0.29) is 5.92 Å². The Bertz CT molecular complexity index is 402. The number of piperazine rings is 1. The number of imide groups is 2. The third-order valence-electron chi connectivity index (χ3n) is 3.61. The zero-order chi connectivity index (χ0) is 14.2. The van der Waals surface area contributed by atoms with Gasteiger partial charge in [-0.2, -0.15) is 5.01 Å². The second-order valence-electron chi connectivity index (χ2n) is 5.42. The Labute approximate surface area is 112 Å². The van der Waals surface area contributed by atoms with Crippen LogP contribution in [-0.2, 0) is 9.59 Å². The van der Waals surface area contributed by atoms with Crippen molar-refractivity contribution in [2.75, 3.05) is 33.2 Å². The lowest BCUT2D eigenvalue weighted by Gasteiger charge is -2.42. The Morgan fingerprint density at radius 1 is 1.11 bits per heavy atom. The van der Waals surface area contributed by atoms with Crippen LogP contribution in [-0.4, -0.2) is 66.0 Å². The highest BCUT2D eigenvalue weighted by Crippen LogP contribution is 2.20. The fourth-order valence-electron chi connectivity index (χ4n) is 2.43. The van der Waals surface area contributed by atoms with E-state index in [2.05, 4.69) is 10.2 Å². The molecule has 2 heterocycles. The van der Waals surface area contributed by atoms with Gasteiger partial charge in [0.25, 0.3) is 5.91 Å². The van der Waals surface area contributed by atoms with Crippen LogP contribution in [0.2, 0.25) is 0 Å². The number of hydrogen-bond acceptors (Lipinski definition) is 5. The molecule has 0 aromatic rings. The molecule has 4 amide bonds. The molecule has 2 aliphatic heterocycles. The standard InChI is InChI=1S/C12H20N4O3/c1-8(2)9-10(17)13-12(19)16(11(9)18)15-6-4-14(3)5-7-15/h8-9H,4-7H2,1-3H3,(H,13,17,19). The lowest BCUT2D eigenvalue weighted by atomic mass is 9.92. The van der Waals surface area contributed by atoms with Gasteiger partial charge in [-0.1, -0.05) is 13.8 Å². The van der Waals surface area contributed by atoms with Gasteiger partial charge in [0.1, 0.15) is 5.92 Å². The van der Waals surface area contributed by atoms with E-state index in [1.165, 1.54) is 0 Å². The largest absolute Gasteiger partial charge is 0.345 e. The molecule has 7 nitrogen and oxygen atoms in total. The van der Waals surface area contributed by atoms with Gasteiger partial charge in [-0.3, -0.25) is 14.9 Å². The molecule has 19 heavy (non-hydrogen) atoms. The summed E-state index contributed by atoms with van der Waals surface area (Å²) in [5, 5.41) is 5.10. The van der Waals surface area contributed by atoms with E-state index < -0.39 is 23.8 Å². The number of urea groups is 1. The van der Waals surface area contributed by atoms with Crippen molar-refractivity contribution in [3.05, 3.63) is 0 Å². The molecule has 0 aromatic carbocycles. The van der Waals surface area contributed by atoms with Crippen LogP contribution in [0.5, 0.6) is 0 Å². The quantitative estimate of drug-likeness (QED) is 0.684. The summed E-state index contributed by atoms with van der Waals surface area (Å²) in [6.07, 6.45) is 0. The summed E-state index contributed by atoms with van der Waals surface area (Å²) >= 11 is 0. The minimum Gasteiger partial charge on any atom is -0.304 e. The summed E-state index contributed by atoms with van der Waals surface area (Å²) in [7, 11) is 2.00. The van der Waals surface area contributed by atoms with Crippen LogP contribution in [0.1, 0.15) is 13.8 Å². The van der Waals surface area contributed by atoms with E-state index >= 15 is 0 Å². The Kier molecular flexibility index (Phi) is 3.86. The second kappa shape index (κ2) is 5.26. The van der Waals surface area contributed by atoms with Gasteiger partial charge in [0.15, 0.2) is 0 Å². The van der Waals surface area contributed by atoms with Gasteiger partial charge in [-0.25, -0.2) is 9.80 Å². The van der Waals surface area contributed by atoms with Crippen LogP contribution in [0.3, 0.4) is 0 Å². The zero-order valence-electron chi connectivity index (χ0n) is 11.5. The van der Waals surface area contributed by atoms with Crippen molar-refractivity contribution < 1.29 is 14.4 Å². The molecule has 2 aliphatic rings. The molecular formula is C12H20N4O3. The van der Waals surface area contributed by atoms with Gasteiger partial charge in [-0.05, 0) is 13.0 Å². The summed E-state index contributed by atoms with van der Waals surface area (Å²) < 4.78 is 0. The number of barbiturate groups is 1. The summed E-state index contributed by atoms with van der Waals surface area (Å²) in [5.74, 6) is -1.81. The van der Waals surface area contributed by atoms with Gasteiger partial charge >= 0.3 is 6.03 Å². The van der Waals surface area contributed by atoms with Crippen LogP contribution < -0.4 is 5.32 Å². The summed E-state index contributed by atoms with van der Waals surface area (Å²) in [4.78, 5) is 38.1. The molecule has 2 rings (SSSR count). The molecule has 2 saturated heterocycles. The highest BCUT2D eigenvalue weighted by atomic mass is 16.2. The summed E-state index contributed by atoms with van der Waals surface area (Å²) in [6.45, 7) is 6.40. The van der Waals surface area contributed by atoms with E-state index in [1.54, 1.807) is 18.9 Å². The molecule has 1 atom stereocenters. The molecule has 0 spiro atoms. The number of carbonyl (C=O) groups excluding carboxylic acids is 3. The van der Waals surface area contributed by atoms with E-state index in [9.17, 15) is 14.4 Å². The van der Waals surface area contributed by atoms with Crippen LogP contribution >= 0.6 is 0 Å². The first-order valence-corrected chi connectivity index (χ1v) is 6.54. The second-order valence-corrected chi connectivity index (χ2v) is 5.42. The lowest BCUT2D eigenvalue weighted by molar-refractivity contribution is -0.158. The van der Waals surface area contributed by atoms with Crippen molar-refractivity contribution in [1.29, 1.82) is 0 Å². The monoisotopic (exact) mass is 268 g/mol. The predicted octanol–water partition coefficient (Wildman–Crippen LogP) is -0.501. The third kappa shape index (κ3) is 2.62. The number of rotatable bonds is 2. The Morgan fingerprint density at radius 2 is 1.68 bits per heavy atom. The smallest absolute Gasteiger partial charge is 0.304 e. The highest BCUT2D eigenvalue weighted by molar-refractivity contribution is 6.15. The van der Waals surface area contributed by atoms with Gasteiger partial charge < -0.3 is 4.90 Å². The molecule has 0 bridgehead atoms. The van der Waals surface area contributed by atoms with Crippen LogP contribution in [0.4, 0.5) is 4.79 Å². The van der Waals surface area contributed by atoms with Crippen LogP contribution in [0.25, 0.3) is 0 Å². The van der Waals surface area contributed by atoms with E-state index in [4.69, 9.17) is 0 Å². The molecule has 1 unspecified atom stereocenters. The Hall–Kier alpha value is -1.47. The topological polar surface area (TPSA) is 73.0 Å². The van der Waals surface area contributed by atoms with Crippen LogP contribution in [0, 0.1) is 11.8 Å². The fraction of sp³-hybridized carbons (Fsp3) is 0.750. The Balaban J connectivity index is 2.16. The van der Waals surface area contributed by atoms with Gasteiger partial charge in [0, 0.05) is 26.2 Å². The normalized spacial score (nSPS) is 27.1. The van der Waals surface area contributed by atoms with Crippen molar-refractivity contribution in [1.82, 2.24) is 20.2 Å². The van der Waals surface area contributed by atoms with E-state index in [0.717, 1.165) is 18.1 Å². The molecule has 1 N–H and O–H groups in total. The highest BCUT2D eigenvalue weighted by Gasteiger charge is 2.44. The maximum atomic E-state index is 12.4. The SMILES string of the molecule is CC(C)C1C(=O)NC(=O)N(N2CCN(C)CC2)C1=O. The molecule has 0 radical (unpaired) electrons. The molecule has 2 fully saturated rings. The average molecular weight is 268 g/mol. The van der Waals surface area contributed by atoms with Crippen molar-refractivity contribution in [2.24, 2.45) is 11.8 Å². The van der Waals surface area contributed by atoms with Crippen molar-refractivity contribution in [3.63, 3.8) is 0 Å².